The van der Waals surface area contributed by atoms with Crippen LogP contribution < -0.4 is 10.1 Å². The van der Waals surface area contributed by atoms with Crippen LogP contribution in [0.2, 0.25) is 0 Å². The van der Waals surface area contributed by atoms with Crippen LogP contribution in [0.3, 0.4) is 0 Å². The quantitative estimate of drug-likeness (QED) is 0.905. The summed E-state index contributed by atoms with van der Waals surface area (Å²) in [6.45, 7) is 3.82. The Morgan fingerprint density at radius 1 is 1.42 bits per heavy atom. The van der Waals surface area contributed by atoms with Crippen molar-refractivity contribution in [3.8, 4) is 11.5 Å². The van der Waals surface area contributed by atoms with Crippen LogP contribution in [0.25, 0.3) is 0 Å². The van der Waals surface area contributed by atoms with Crippen LogP contribution >= 0.6 is 11.3 Å². The molecule has 2 rings (SSSR count). The molecule has 0 bridgehead atoms. The summed E-state index contributed by atoms with van der Waals surface area (Å²) in [5.74, 6) is 0.00269. The molecule has 1 aromatic carbocycles. The zero-order valence-corrected chi connectivity index (χ0v) is 11.7. The summed E-state index contributed by atoms with van der Waals surface area (Å²) in [6.07, 6.45) is 0. The Bertz CT molecular complexity index is 603. The predicted molar refractivity (Wildman–Crippen MR) is 74.2 cm³/mol. The third kappa shape index (κ3) is 2.85. The third-order valence-electron chi connectivity index (χ3n) is 2.70. The minimum Gasteiger partial charge on any atom is -0.507 e. The number of nitrogens with zero attached hydrogens (tertiary/aromatic N) is 1. The lowest BCUT2D eigenvalue weighted by Crippen LogP contribution is -2.12. The number of benzene rings is 1. The van der Waals surface area contributed by atoms with E-state index in [1.807, 2.05) is 13.8 Å². The number of carbonyl (C=O) groups is 1. The van der Waals surface area contributed by atoms with Crippen LogP contribution in [0, 0.1) is 13.8 Å². The molecule has 0 aliphatic heterocycles. The predicted octanol–water partition coefficient (Wildman–Crippen LogP) is 2.73. The van der Waals surface area contributed by atoms with Crippen molar-refractivity contribution in [3.63, 3.8) is 0 Å². The molecule has 0 aliphatic rings. The number of aromatic nitrogens is 1. The summed E-state index contributed by atoms with van der Waals surface area (Å²) >= 11 is 1.40. The Kier molecular flexibility index (Phi) is 3.71. The number of methoxy groups -OCH3 is 1. The Morgan fingerprint density at radius 2 is 2.16 bits per heavy atom. The summed E-state index contributed by atoms with van der Waals surface area (Å²) in [5, 5.41) is 12.9. The standard InChI is InChI=1S/C13H14N2O3S/c1-7-8(2)19-13(14-7)15-12(17)10-6-9(18-3)4-5-11(10)16/h4-6,16H,1-3H3,(H,14,15,17). The fourth-order valence-corrected chi connectivity index (χ4v) is 2.32. The Hall–Kier alpha value is -2.08. The topological polar surface area (TPSA) is 71.5 Å². The molecule has 2 N–H and O–H groups in total. The van der Waals surface area contributed by atoms with E-state index in [-0.39, 0.29) is 11.3 Å². The Labute approximate surface area is 114 Å². The molecule has 0 aliphatic carbocycles. The van der Waals surface area contributed by atoms with Crippen molar-refractivity contribution in [2.24, 2.45) is 0 Å². The summed E-state index contributed by atoms with van der Waals surface area (Å²) < 4.78 is 5.03. The van der Waals surface area contributed by atoms with E-state index in [1.54, 1.807) is 6.07 Å². The van der Waals surface area contributed by atoms with E-state index in [0.717, 1.165) is 10.6 Å². The minimum absolute atomic E-state index is 0.0942. The molecule has 1 amide bonds. The minimum atomic E-state index is -0.412. The van der Waals surface area contributed by atoms with Crippen LogP contribution in [0.4, 0.5) is 5.13 Å². The van der Waals surface area contributed by atoms with Crippen molar-refractivity contribution < 1.29 is 14.6 Å². The van der Waals surface area contributed by atoms with E-state index in [0.29, 0.717) is 10.9 Å². The van der Waals surface area contributed by atoms with E-state index in [1.165, 1.54) is 30.6 Å². The smallest absolute Gasteiger partial charge is 0.261 e. The van der Waals surface area contributed by atoms with Gasteiger partial charge in [0.25, 0.3) is 5.91 Å². The molecule has 0 saturated heterocycles. The lowest BCUT2D eigenvalue weighted by Gasteiger charge is -2.06. The molecule has 0 atom stereocenters. The van der Waals surface area contributed by atoms with Crippen LogP contribution in [0.5, 0.6) is 11.5 Å². The zero-order chi connectivity index (χ0) is 14.0. The summed E-state index contributed by atoms with van der Waals surface area (Å²) in [7, 11) is 1.50. The molecule has 100 valence electrons. The van der Waals surface area contributed by atoms with Crippen molar-refractivity contribution in [2.45, 2.75) is 13.8 Å². The molecule has 1 heterocycles. The van der Waals surface area contributed by atoms with Gasteiger partial charge in [-0.25, -0.2) is 4.98 Å². The molecule has 19 heavy (non-hydrogen) atoms. The third-order valence-corrected chi connectivity index (χ3v) is 3.69. The molecule has 0 radical (unpaired) electrons. The maximum atomic E-state index is 12.1. The average molecular weight is 278 g/mol. The van der Waals surface area contributed by atoms with Gasteiger partial charge in [-0.3, -0.25) is 10.1 Å². The van der Waals surface area contributed by atoms with Crippen molar-refractivity contribution in [1.29, 1.82) is 0 Å². The Morgan fingerprint density at radius 3 is 2.74 bits per heavy atom. The molecule has 0 unspecified atom stereocenters. The van der Waals surface area contributed by atoms with Crippen molar-refractivity contribution in [3.05, 3.63) is 34.3 Å². The second-order valence-corrected chi connectivity index (χ2v) is 5.20. The number of nitrogens with one attached hydrogen (secondary N) is 1. The number of hydrogen-bond acceptors (Lipinski definition) is 5. The summed E-state index contributed by atoms with van der Waals surface area (Å²) in [5.41, 5.74) is 1.04. The molecular formula is C13H14N2O3S. The zero-order valence-electron chi connectivity index (χ0n) is 10.9. The first kappa shape index (κ1) is 13.4. The number of phenols is 1. The van der Waals surface area contributed by atoms with Gasteiger partial charge in [0.1, 0.15) is 11.5 Å². The first-order valence-electron chi connectivity index (χ1n) is 5.63. The van der Waals surface area contributed by atoms with E-state index >= 15 is 0 Å². The number of carbonyl (C=O) groups excluding carboxylic acids is 1. The Balaban J connectivity index is 2.24. The first-order chi connectivity index (χ1) is 9.01. The van der Waals surface area contributed by atoms with Crippen LogP contribution in [0.1, 0.15) is 20.9 Å². The van der Waals surface area contributed by atoms with Gasteiger partial charge in [0.2, 0.25) is 0 Å². The normalized spacial score (nSPS) is 10.3. The molecule has 6 heteroatoms. The number of thiazole rings is 1. The van der Waals surface area contributed by atoms with Crippen molar-refractivity contribution in [2.75, 3.05) is 12.4 Å². The number of hydrogen-bond donors (Lipinski definition) is 2. The molecule has 2 aromatic rings. The average Bonchev–Trinajstić information content (AvgIpc) is 2.68. The first-order valence-corrected chi connectivity index (χ1v) is 6.45. The van der Waals surface area contributed by atoms with Gasteiger partial charge < -0.3 is 9.84 Å². The van der Waals surface area contributed by atoms with Gasteiger partial charge in [-0.05, 0) is 32.0 Å². The van der Waals surface area contributed by atoms with Gasteiger partial charge in [-0.15, -0.1) is 11.3 Å². The molecule has 5 nitrogen and oxygen atoms in total. The highest BCUT2D eigenvalue weighted by Gasteiger charge is 2.14. The highest BCUT2D eigenvalue weighted by molar-refractivity contribution is 7.15. The van der Waals surface area contributed by atoms with Gasteiger partial charge in [0, 0.05) is 4.88 Å². The van der Waals surface area contributed by atoms with Crippen LogP contribution in [-0.4, -0.2) is 23.1 Å². The van der Waals surface area contributed by atoms with E-state index in [9.17, 15) is 9.90 Å². The SMILES string of the molecule is COc1ccc(O)c(C(=O)Nc2nc(C)c(C)s2)c1. The van der Waals surface area contributed by atoms with Gasteiger partial charge in [-0.1, -0.05) is 0 Å². The number of aryl methyl sites for hydroxylation is 2. The number of phenolic OH excluding ortho intramolecular Hbond substituents is 1. The largest absolute Gasteiger partial charge is 0.507 e. The highest BCUT2D eigenvalue weighted by Crippen LogP contribution is 2.26. The molecule has 1 aromatic heterocycles. The second kappa shape index (κ2) is 5.27. The highest BCUT2D eigenvalue weighted by atomic mass is 32.1. The second-order valence-electron chi connectivity index (χ2n) is 4.00. The lowest BCUT2D eigenvalue weighted by molar-refractivity contribution is 0.102. The maximum absolute atomic E-state index is 12.1. The van der Waals surface area contributed by atoms with Gasteiger partial charge in [0.05, 0.1) is 18.4 Å². The molecular weight excluding hydrogens is 264 g/mol. The number of amides is 1. The lowest BCUT2D eigenvalue weighted by atomic mass is 10.2. The molecule has 0 saturated carbocycles. The van der Waals surface area contributed by atoms with Crippen molar-refractivity contribution >= 4 is 22.4 Å². The van der Waals surface area contributed by atoms with Gasteiger partial charge in [0.15, 0.2) is 5.13 Å². The monoisotopic (exact) mass is 278 g/mol. The van der Waals surface area contributed by atoms with Gasteiger partial charge in [-0.2, -0.15) is 0 Å². The molecule has 0 spiro atoms. The van der Waals surface area contributed by atoms with E-state index in [4.69, 9.17) is 4.74 Å². The fourth-order valence-electron chi connectivity index (χ4n) is 1.51. The van der Waals surface area contributed by atoms with E-state index < -0.39 is 5.91 Å². The fraction of sp³-hybridized carbons (Fsp3) is 0.231. The number of ether oxygens (including phenoxy) is 1. The summed E-state index contributed by atoms with van der Waals surface area (Å²) in [6, 6.07) is 4.49. The number of aromatic hydroxyl groups is 1. The van der Waals surface area contributed by atoms with E-state index in [2.05, 4.69) is 10.3 Å². The summed E-state index contributed by atoms with van der Waals surface area (Å²) in [4.78, 5) is 17.3. The maximum Gasteiger partial charge on any atom is 0.261 e. The van der Waals surface area contributed by atoms with Crippen molar-refractivity contribution in [1.82, 2.24) is 4.98 Å². The van der Waals surface area contributed by atoms with Gasteiger partial charge >= 0.3 is 0 Å². The molecule has 0 fully saturated rings. The van der Waals surface area contributed by atoms with Crippen LogP contribution in [0.15, 0.2) is 18.2 Å². The van der Waals surface area contributed by atoms with Crippen LogP contribution in [-0.2, 0) is 0 Å². The number of anilines is 1. The number of rotatable bonds is 3.